The molecule has 0 unspecified atom stereocenters. The van der Waals surface area contributed by atoms with Crippen molar-refractivity contribution in [1.82, 2.24) is 20.3 Å². The Labute approximate surface area is 194 Å². The van der Waals surface area contributed by atoms with Crippen LogP contribution in [0.2, 0.25) is 0 Å². The van der Waals surface area contributed by atoms with Crippen LogP contribution in [0.15, 0.2) is 34.5 Å². The minimum absolute atomic E-state index is 0.0743. The van der Waals surface area contributed by atoms with Crippen LogP contribution < -0.4 is 16.4 Å². The Balaban J connectivity index is 1.64. The Morgan fingerprint density at radius 1 is 1.18 bits per heavy atom. The highest BCUT2D eigenvalue weighted by atomic mass is 32.2. The Hall–Kier alpha value is -3.12. The van der Waals surface area contributed by atoms with E-state index in [-0.39, 0.29) is 22.4 Å². The molecule has 174 valence electrons. The number of hydrogen-bond acceptors (Lipinski definition) is 8. The van der Waals surface area contributed by atoms with Crippen molar-refractivity contribution in [2.24, 2.45) is 0 Å². The van der Waals surface area contributed by atoms with Gasteiger partial charge in [-0.15, -0.1) is 11.3 Å². The van der Waals surface area contributed by atoms with Crippen LogP contribution in [0.5, 0.6) is 0 Å². The molecule has 4 rings (SSSR count). The van der Waals surface area contributed by atoms with Crippen molar-refractivity contribution in [3.63, 3.8) is 0 Å². The Bertz CT molecular complexity index is 1300. The maximum Gasteiger partial charge on any atom is 0.319 e. The van der Waals surface area contributed by atoms with Crippen molar-refractivity contribution in [2.75, 3.05) is 24.3 Å². The number of nitrogens with zero attached hydrogens (tertiary/aromatic N) is 3. The standard InChI is InChI=1S/C21H23FN6O3S2/c1-12-19(32-13(2)25-12)33(30,31)21(7-8-21)16-11-17(23)28-18(27-16)14-3-5-15(6-4-14)26-20(29)24-10-9-22/h3-6,11H,7-10H2,1-2H3,(H2,23,27,28)(H2,24,26,29). The van der Waals surface area contributed by atoms with Gasteiger partial charge in [-0.25, -0.2) is 32.6 Å². The third-order valence-electron chi connectivity index (χ3n) is 5.32. The minimum atomic E-state index is -3.70. The molecule has 0 atom stereocenters. The molecular weight excluding hydrogens is 467 g/mol. The zero-order chi connectivity index (χ0) is 23.8. The fourth-order valence-corrected chi connectivity index (χ4v) is 7.31. The number of nitrogens with one attached hydrogen (secondary N) is 2. The third-order valence-corrected chi connectivity index (χ3v) is 9.52. The lowest BCUT2D eigenvalue weighted by Crippen LogP contribution is -2.30. The van der Waals surface area contributed by atoms with Crippen LogP contribution in [0.4, 0.5) is 20.7 Å². The normalized spacial score (nSPS) is 14.6. The smallest absolute Gasteiger partial charge is 0.319 e. The molecule has 1 aliphatic carbocycles. The fraction of sp³-hybridized carbons (Fsp3) is 0.333. The highest BCUT2D eigenvalue weighted by molar-refractivity contribution is 7.94. The molecule has 0 saturated heterocycles. The summed E-state index contributed by atoms with van der Waals surface area (Å²) in [6.07, 6.45) is 0.886. The van der Waals surface area contributed by atoms with Crippen LogP contribution in [-0.4, -0.2) is 42.6 Å². The zero-order valence-electron chi connectivity index (χ0n) is 18.1. The van der Waals surface area contributed by atoms with Crippen LogP contribution in [0, 0.1) is 13.8 Å². The number of hydrogen-bond donors (Lipinski definition) is 3. The van der Waals surface area contributed by atoms with E-state index in [1.807, 2.05) is 0 Å². The highest BCUT2D eigenvalue weighted by Gasteiger charge is 2.59. The molecule has 2 amide bonds. The topological polar surface area (TPSA) is 140 Å². The van der Waals surface area contributed by atoms with Crippen LogP contribution >= 0.6 is 11.3 Å². The second-order valence-corrected chi connectivity index (χ2v) is 11.4. The molecule has 0 aliphatic heterocycles. The molecular formula is C21H23FN6O3S2. The molecule has 4 N–H and O–H groups in total. The van der Waals surface area contributed by atoms with Gasteiger partial charge in [-0.1, -0.05) is 0 Å². The number of anilines is 2. The molecule has 9 nitrogen and oxygen atoms in total. The van der Waals surface area contributed by atoms with Crippen LogP contribution in [0.25, 0.3) is 11.4 Å². The molecule has 1 saturated carbocycles. The van der Waals surface area contributed by atoms with E-state index in [9.17, 15) is 17.6 Å². The maximum absolute atomic E-state index is 13.5. The molecule has 12 heteroatoms. The molecule has 1 aliphatic rings. The Kier molecular flexibility index (Phi) is 6.06. The van der Waals surface area contributed by atoms with Crippen molar-refractivity contribution in [2.45, 2.75) is 35.6 Å². The van der Waals surface area contributed by atoms with Gasteiger partial charge in [0, 0.05) is 23.9 Å². The van der Waals surface area contributed by atoms with Crippen molar-refractivity contribution in [1.29, 1.82) is 0 Å². The number of urea groups is 1. The van der Waals surface area contributed by atoms with E-state index >= 15 is 0 Å². The second-order valence-electron chi connectivity index (χ2n) is 7.75. The summed E-state index contributed by atoms with van der Waals surface area (Å²) < 4.78 is 38.4. The molecule has 33 heavy (non-hydrogen) atoms. The number of aryl methyl sites for hydroxylation is 2. The fourth-order valence-electron chi connectivity index (χ4n) is 3.58. The number of nitrogens with two attached hydrogens (primary N) is 1. The lowest BCUT2D eigenvalue weighted by molar-refractivity contribution is 0.251. The number of thiazole rings is 1. The first-order valence-corrected chi connectivity index (χ1v) is 12.5. The van der Waals surface area contributed by atoms with E-state index in [2.05, 4.69) is 25.6 Å². The summed E-state index contributed by atoms with van der Waals surface area (Å²) in [6.45, 7) is 2.75. The first-order chi connectivity index (χ1) is 15.7. The van der Waals surface area contributed by atoms with Crippen molar-refractivity contribution in [3.05, 3.63) is 46.7 Å². The lowest BCUT2D eigenvalue weighted by Gasteiger charge is -2.16. The minimum Gasteiger partial charge on any atom is -0.384 e. The third kappa shape index (κ3) is 4.40. The van der Waals surface area contributed by atoms with Gasteiger partial charge in [0.1, 0.15) is 21.4 Å². The van der Waals surface area contributed by atoms with Gasteiger partial charge < -0.3 is 16.4 Å². The number of carbonyl (C=O) groups is 1. The summed E-state index contributed by atoms with van der Waals surface area (Å²) in [7, 11) is -3.70. The van der Waals surface area contributed by atoms with E-state index in [1.165, 1.54) is 6.07 Å². The average Bonchev–Trinajstić information content (AvgIpc) is 3.52. The van der Waals surface area contributed by atoms with Gasteiger partial charge in [-0.3, -0.25) is 0 Å². The maximum atomic E-state index is 13.5. The Morgan fingerprint density at radius 3 is 2.45 bits per heavy atom. The first kappa shape index (κ1) is 23.1. The SMILES string of the molecule is Cc1nc(C)c(S(=O)(=O)C2(c3cc(N)nc(-c4ccc(NC(=O)NCCF)cc4)n3)CC2)s1. The van der Waals surface area contributed by atoms with Gasteiger partial charge in [-0.05, 0) is 51.0 Å². The number of nitrogen functional groups attached to an aromatic ring is 1. The number of rotatable bonds is 7. The quantitative estimate of drug-likeness (QED) is 0.461. The number of halogens is 1. The van der Waals surface area contributed by atoms with Crippen LogP contribution in [-0.2, 0) is 14.6 Å². The van der Waals surface area contributed by atoms with Gasteiger partial charge in [0.15, 0.2) is 5.82 Å². The number of benzene rings is 1. The second kappa shape index (κ2) is 8.67. The number of alkyl halides is 1. The van der Waals surface area contributed by atoms with Crippen molar-refractivity contribution >= 4 is 38.7 Å². The lowest BCUT2D eigenvalue weighted by atomic mass is 10.1. The van der Waals surface area contributed by atoms with E-state index in [0.29, 0.717) is 40.5 Å². The van der Waals surface area contributed by atoms with E-state index in [0.717, 1.165) is 11.3 Å². The van der Waals surface area contributed by atoms with Crippen LogP contribution in [0.3, 0.4) is 0 Å². The zero-order valence-corrected chi connectivity index (χ0v) is 19.7. The van der Waals surface area contributed by atoms with Gasteiger partial charge in [0.2, 0.25) is 9.84 Å². The molecule has 2 aromatic heterocycles. The van der Waals surface area contributed by atoms with Crippen molar-refractivity contribution in [3.8, 4) is 11.4 Å². The summed E-state index contributed by atoms with van der Waals surface area (Å²) in [5.74, 6) is 0.457. The predicted molar refractivity (Wildman–Crippen MR) is 125 cm³/mol. The monoisotopic (exact) mass is 490 g/mol. The van der Waals surface area contributed by atoms with Crippen molar-refractivity contribution < 1.29 is 17.6 Å². The number of amides is 2. The molecule has 0 spiro atoms. The van der Waals surface area contributed by atoms with Gasteiger partial charge in [0.25, 0.3) is 0 Å². The average molecular weight is 491 g/mol. The summed E-state index contributed by atoms with van der Waals surface area (Å²) in [6, 6.07) is 7.66. The summed E-state index contributed by atoms with van der Waals surface area (Å²) in [5, 5.41) is 5.65. The van der Waals surface area contributed by atoms with Gasteiger partial charge >= 0.3 is 6.03 Å². The van der Waals surface area contributed by atoms with E-state index in [4.69, 9.17) is 5.73 Å². The molecule has 0 radical (unpaired) electrons. The summed E-state index contributed by atoms with van der Waals surface area (Å²) in [4.78, 5) is 24.8. The van der Waals surface area contributed by atoms with E-state index < -0.39 is 27.3 Å². The van der Waals surface area contributed by atoms with E-state index in [1.54, 1.807) is 38.1 Å². The summed E-state index contributed by atoms with van der Waals surface area (Å²) in [5.41, 5.74) is 7.99. The first-order valence-electron chi connectivity index (χ1n) is 10.2. The number of sulfone groups is 1. The predicted octanol–water partition coefficient (Wildman–Crippen LogP) is 3.35. The summed E-state index contributed by atoms with van der Waals surface area (Å²) >= 11 is 1.16. The van der Waals surface area contributed by atoms with Gasteiger partial charge in [0.05, 0.1) is 16.4 Å². The van der Waals surface area contributed by atoms with Crippen LogP contribution in [0.1, 0.15) is 29.2 Å². The highest BCUT2D eigenvalue weighted by Crippen LogP contribution is 2.56. The van der Waals surface area contributed by atoms with Gasteiger partial charge in [-0.2, -0.15) is 0 Å². The molecule has 1 fully saturated rings. The molecule has 0 bridgehead atoms. The number of carbonyl (C=O) groups excluding carboxylic acids is 1. The molecule has 3 aromatic rings. The molecule has 2 heterocycles. The molecule has 1 aromatic carbocycles. The Morgan fingerprint density at radius 2 is 1.88 bits per heavy atom. The largest absolute Gasteiger partial charge is 0.384 e. The number of aromatic nitrogens is 3.